The average Bonchev–Trinajstić information content (AvgIpc) is 2.63. The topological polar surface area (TPSA) is 92.8 Å². The Morgan fingerprint density at radius 2 is 1.77 bits per heavy atom. The van der Waals surface area contributed by atoms with E-state index in [9.17, 15) is 18.0 Å². The number of amides is 1. The maximum Gasteiger partial charge on any atom is 0.331 e. The molecular formula is C18H26N2O5S. The van der Waals surface area contributed by atoms with Gasteiger partial charge in [0.15, 0.2) is 0 Å². The van der Waals surface area contributed by atoms with Crippen LogP contribution in [0, 0.1) is 0 Å². The number of nitrogens with zero attached hydrogens (tertiary/aromatic N) is 1. The Morgan fingerprint density at radius 1 is 1.15 bits per heavy atom. The van der Waals surface area contributed by atoms with Gasteiger partial charge in [-0.25, -0.2) is 13.2 Å². The number of hydrogen-bond donors (Lipinski definition) is 1. The highest BCUT2D eigenvalue weighted by Crippen LogP contribution is 2.29. The van der Waals surface area contributed by atoms with Crippen LogP contribution in [0.5, 0.6) is 0 Å². The van der Waals surface area contributed by atoms with Crippen molar-refractivity contribution >= 4 is 21.9 Å². The molecule has 0 heterocycles. The molecule has 1 aromatic rings. The first-order chi connectivity index (χ1) is 12.3. The minimum atomic E-state index is -3.77. The van der Waals surface area contributed by atoms with Crippen molar-refractivity contribution in [1.82, 2.24) is 9.62 Å². The molecule has 0 aliphatic heterocycles. The molecule has 8 heteroatoms. The van der Waals surface area contributed by atoms with Crippen LogP contribution in [-0.4, -0.2) is 50.3 Å². The summed E-state index contributed by atoms with van der Waals surface area (Å²) >= 11 is 0. The normalized spacial score (nSPS) is 16.9. The van der Waals surface area contributed by atoms with E-state index in [4.69, 9.17) is 4.74 Å². The van der Waals surface area contributed by atoms with Gasteiger partial charge in [-0.05, 0) is 31.9 Å². The summed E-state index contributed by atoms with van der Waals surface area (Å²) in [5.74, 6) is -0.955. The summed E-state index contributed by atoms with van der Waals surface area (Å²) < 4.78 is 31.2. The van der Waals surface area contributed by atoms with Gasteiger partial charge in [-0.2, -0.15) is 4.31 Å². The number of benzene rings is 1. The molecule has 1 saturated carbocycles. The molecule has 0 atom stereocenters. The van der Waals surface area contributed by atoms with Gasteiger partial charge in [0.2, 0.25) is 15.9 Å². The van der Waals surface area contributed by atoms with Crippen molar-refractivity contribution in [1.29, 1.82) is 0 Å². The van der Waals surface area contributed by atoms with Crippen LogP contribution in [0.2, 0.25) is 0 Å². The third kappa shape index (κ3) is 4.62. The van der Waals surface area contributed by atoms with Crippen molar-refractivity contribution in [3.8, 4) is 0 Å². The molecule has 1 aliphatic rings. The lowest BCUT2D eigenvalue weighted by Crippen LogP contribution is -2.58. The van der Waals surface area contributed by atoms with E-state index >= 15 is 0 Å². The third-order valence-electron chi connectivity index (χ3n) is 4.57. The van der Waals surface area contributed by atoms with E-state index in [2.05, 4.69) is 5.32 Å². The molecule has 0 radical (unpaired) electrons. The van der Waals surface area contributed by atoms with E-state index in [0.29, 0.717) is 12.8 Å². The van der Waals surface area contributed by atoms with Gasteiger partial charge in [-0.15, -0.1) is 0 Å². The molecule has 1 amide bonds. The van der Waals surface area contributed by atoms with Gasteiger partial charge in [0.1, 0.15) is 5.54 Å². The Hall–Kier alpha value is -1.93. The van der Waals surface area contributed by atoms with E-state index in [1.807, 2.05) is 0 Å². The predicted molar refractivity (Wildman–Crippen MR) is 96.8 cm³/mol. The predicted octanol–water partition coefficient (Wildman–Crippen LogP) is 1.69. The molecule has 0 saturated heterocycles. The third-order valence-corrected chi connectivity index (χ3v) is 6.39. The first kappa shape index (κ1) is 20.4. The van der Waals surface area contributed by atoms with Crippen molar-refractivity contribution in [2.75, 3.05) is 20.2 Å². The minimum Gasteiger partial charge on any atom is -0.464 e. The van der Waals surface area contributed by atoms with Crippen molar-refractivity contribution in [2.24, 2.45) is 0 Å². The summed E-state index contributed by atoms with van der Waals surface area (Å²) in [4.78, 5) is 25.0. The van der Waals surface area contributed by atoms with Crippen LogP contribution >= 0.6 is 0 Å². The second-order valence-corrected chi connectivity index (χ2v) is 8.53. The van der Waals surface area contributed by atoms with Crippen LogP contribution in [0.3, 0.4) is 0 Å². The number of esters is 1. The zero-order valence-electron chi connectivity index (χ0n) is 15.2. The Labute approximate surface area is 154 Å². The molecule has 1 aliphatic carbocycles. The van der Waals surface area contributed by atoms with Crippen molar-refractivity contribution in [3.05, 3.63) is 30.3 Å². The smallest absolute Gasteiger partial charge is 0.331 e. The first-order valence-corrected chi connectivity index (χ1v) is 10.3. The van der Waals surface area contributed by atoms with Crippen LogP contribution in [0.15, 0.2) is 35.2 Å². The highest BCUT2D eigenvalue weighted by atomic mass is 32.2. The van der Waals surface area contributed by atoms with Gasteiger partial charge in [0.25, 0.3) is 0 Å². The number of sulfonamides is 1. The molecule has 1 N–H and O–H groups in total. The number of hydrogen-bond acceptors (Lipinski definition) is 5. The number of carbonyl (C=O) groups is 2. The minimum absolute atomic E-state index is 0.119. The van der Waals surface area contributed by atoms with Crippen molar-refractivity contribution < 1.29 is 22.7 Å². The standard InChI is InChI=1S/C18H26N2O5S/c1-3-25-17(22)18(12-8-5-9-13-18)19-16(21)14-20(2)26(23,24)15-10-6-4-7-11-15/h4,6-7,10-11H,3,5,8-9,12-14H2,1-2H3,(H,19,21). The Morgan fingerprint density at radius 3 is 2.35 bits per heavy atom. The summed E-state index contributed by atoms with van der Waals surface area (Å²) in [5.41, 5.74) is -1.05. The van der Waals surface area contributed by atoms with Gasteiger partial charge < -0.3 is 10.1 Å². The van der Waals surface area contributed by atoms with E-state index < -0.39 is 27.4 Å². The lowest BCUT2D eigenvalue weighted by atomic mass is 9.81. The fourth-order valence-corrected chi connectivity index (χ4v) is 4.32. The Kier molecular flexibility index (Phi) is 6.77. The van der Waals surface area contributed by atoms with Crippen molar-refractivity contribution in [2.45, 2.75) is 49.5 Å². The first-order valence-electron chi connectivity index (χ1n) is 8.81. The number of nitrogens with one attached hydrogen (secondary N) is 1. The molecule has 7 nitrogen and oxygen atoms in total. The van der Waals surface area contributed by atoms with Crippen LogP contribution in [0.1, 0.15) is 39.0 Å². The fraction of sp³-hybridized carbons (Fsp3) is 0.556. The summed E-state index contributed by atoms with van der Waals surface area (Å²) in [6, 6.07) is 7.92. The molecule has 0 spiro atoms. The number of likely N-dealkylation sites (N-methyl/N-ethyl adjacent to an activating group) is 1. The SMILES string of the molecule is CCOC(=O)C1(NC(=O)CN(C)S(=O)(=O)c2ccccc2)CCCCC1. The Balaban J connectivity index is 2.09. The van der Waals surface area contributed by atoms with Gasteiger partial charge in [0.05, 0.1) is 18.0 Å². The zero-order valence-corrected chi connectivity index (χ0v) is 16.0. The lowest BCUT2D eigenvalue weighted by Gasteiger charge is -2.35. The molecule has 26 heavy (non-hydrogen) atoms. The van der Waals surface area contributed by atoms with Crippen LogP contribution < -0.4 is 5.32 Å². The second kappa shape index (κ2) is 8.64. The molecule has 1 fully saturated rings. The monoisotopic (exact) mass is 382 g/mol. The fourth-order valence-electron chi connectivity index (χ4n) is 3.17. The number of ether oxygens (including phenoxy) is 1. The molecule has 2 rings (SSSR count). The molecule has 0 unspecified atom stereocenters. The van der Waals surface area contributed by atoms with Gasteiger partial charge in [-0.3, -0.25) is 4.79 Å². The maximum atomic E-state index is 12.5. The quantitative estimate of drug-likeness (QED) is 0.725. The number of rotatable bonds is 7. The van der Waals surface area contributed by atoms with E-state index in [-0.39, 0.29) is 18.0 Å². The summed E-state index contributed by atoms with van der Waals surface area (Å²) in [6.45, 7) is 1.59. The molecule has 1 aromatic carbocycles. The van der Waals surface area contributed by atoms with Crippen LogP contribution in [0.4, 0.5) is 0 Å². The molecule has 0 aromatic heterocycles. The lowest BCUT2D eigenvalue weighted by molar-refractivity contribution is -0.155. The van der Waals surface area contributed by atoms with Crippen LogP contribution in [0.25, 0.3) is 0 Å². The highest BCUT2D eigenvalue weighted by Gasteiger charge is 2.42. The van der Waals surface area contributed by atoms with Crippen molar-refractivity contribution in [3.63, 3.8) is 0 Å². The molecule has 0 bridgehead atoms. The second-order valence-electron chi connectivity index (χ2n) is 6.49. The zero-order chi connectivity index (χ0) is 19.2. The highest BCUT2D eigenvalue weighted by molar-refractivity contribution is 7.89. The largest absolute Gasteiger partial charge is 0.464 e. The number of carbonyl (C=O) groups excluding carboxylic acids is 2. The average molecular weight is 382 g/mol. The van der Waals surface area contributed by atoms with E-state index in [1.54, 1.807) is 25.1 Å². The summed E-state index contributed by atoms with van der Waals surface area (Å²) in [7, 11) is -2.42. The molecule has 144 valence electrons. The van der Waals surface area contributed by atoms with Crippen LogP contribution in [-0.2, 0) is 24.3 Å². The van der Waals surface area contributed by atoms with Gasteiger partial charge in [0, 0.05) is 7.05 Å². The van der Waals surface area contributed by atoms with E-state index in [0.717, 1.165) is 23.6 Å². The molecular weight excluding hydrogens is 356 g/mol. The maximum absolute atomic E-state index is 12.5. The van der Waals surface area contributed by atoms with E-state index in [1.165, 1.54) is 19.2 Å². The summed E-state index contributed by atoms with van der Waals surface area (Å²) in [6.07, 6.45) is 3.65. The summed E-state index contributed by atoms with van der Waals surface area (Å²) in [5, 5.41) is 2.75. The Bertz CT molecular complexity index is 727. The van der Waals surface area contributed by atoms with Gasteiger partial charge >= 0.3 is 5.97 Å². The van der Waals surface area contributed by atoms with Gasteiger partial charge in [-0.1, -0.05) is 37.5 Å².